The van der Waals surface area contributed by atoms with Crippen LogP contribution in [0.2, 0.25) is 0 Å². The van der Waals surface area contributed by atoms with Crippen LogP contribution in [-0.2, 0) is 4.79 Å². The van der Waals surface area contributed by atoms with Gasteiger partial charge < -0.3 is 10.6 Å². The van der Waals surface area contributed by atoms with E-state index < -0.39 is 18.5 Å². The molecule has 1 rings (SSSR count). The average Bonchev–Trinajstić information content (AvgIpc) is 2.55. The molecule has 1 amide bonds. The van der Waals surface area contributed by atoms with Gasteiger partial charge in [-0.1, -0.05) is 20.3 Å². The zero-order valence-electron chi connectivity index (χ0n) is 9.17. The van der Waals surface area contributed by atoms with Gasteiger partial charge in [0.2, 0.25) is 5.91 Å². The lowest BCUT2D eigenvalue weighted by Crippen LogP contribution is -2.46. The largest absolute Gasteiger partial charge is 0.335 e. The van der Waals surface area contributed by atoms with Crippen molar-refractivity contribution in [2.45, 2.75) is 38.7 Å². The molecule has 15 heavy (non-hydrogen) atoms. The minimum Gasteiger partial charge on any atom is -0.335 e. The number of nitrogens with two attached hydrogens (primary N) is 1. The highest BCUT2D eigenvalue weighted by Gasteiger charge is 2.41. The molecule has 0 aromatic rings. The Bertz CT molecular complexity index is 246. The van der Waals surface area contributed by atoms with Crippen molar-refractivity contribution in [2.75, 3.05) is 13.1 Å². The third-order valence-corrected chi connectivity index (χ3v) is 3.02. The van der Waals surface area contributed by atoms with Gasteiger partial charge in [-0.2, -0.15) is 0 Å². The molecule has 1 saturated heterocycles. The smallest absolute Gasteiger partial charge is 0.267 e. The second kappa shape index (κ2) is 4.43. The number of alkyl halides is 2. The molecule has 0 saturated carbocycles. The van der Waals surface area contributed by atoms with Crippen LogP contribution < -0.4 is 5.73 Å². The Kier molecular flexibility index (Phi) is 3.65. The minimum absolute atomic E-state index is 0.0340. The van der Waals surface area contributed by atoms with E-state index in [0.717, 1.165) is 6.42 Å². The maximum Gasteiger partial charge on any atom is 0.267 e. The van der Waals surface area contributed by atoms with Crippen LogP contribution in [0.5, 0.6) is 0 Å². The number of halogens is 2. The summed E-state index contributed by atoms with van der Waals surface area (Å²) in [5.74, 6) is -3.04. The van der Waals surface area contributed by atoms with Crippen molar-refractivity contribution < 1.29 is 13.6 Å². The van der Waals surface area contributed by atoms with Gasteiger partial charge in [-0.05, 0) is 5.92 Å². The summed E-state index contributed by atoms with van der Waals surface area (Å²) in [5, 5.41) is 0. The number of hydrogen-bond donors (Lipinski definition) is 1. The van der Waals surface area contributed by atoms with Crippen LogP contribution in [0, 0.1) is 5.92 Å². The molecule has 88 valence electrons. The zero-order chi connectivity index (χ0) is 11.6. The molecule has 2 atom stereocenters. The second-order valence-electron chi connectivity index (χ2n) is 4.28. The highest BCUT2D eigenvalue weighted by atomic mass is 19.3. The molecule has 1 aliphatic heterocycles. The van der Waals surface area contributed by atoms with Crippen molar-refractivity contribution >= 4 is 5.91 Å². The Morgan fingerprint density at radius 2 is 2.20 bits per heavy atom. The molecule has 2 unspecified atom stereocenters. The molecule has 0 radical (unpaired) electrons. The third kappa shape index (κ3) is 2.87. The van der Waals surface area contributed by atoms with Crippen LogP contribution in [0.3, 0.4) is 0 Å². The molecule has 2 N–H and O–H groups in total. The van der Waals surface area contributed by atoms with Crippen molar-refractivity contribution in [3.8, 4) is 0 Å². The van der Waals surface area contributed by atoms with Gasteiger partial charge in [0.1, 0.15) is 0 Å². The Hall–Kier alpha value is -0.710. The van der Waals surface area contributed by atoms with E-state index in [1.807, 2.05) is 13.8 Å². The Morgan fingerprint density at radius 3 is 2.60 bits per heavy atom. The van der Waals surface area contributed by atoms with Crippen LogP contribution in [0.4, 0.5) is 8.78 Å². The molecule has 0 aliphatic carbocycles. The third-order valence-electron chi connectivity index (χ3n) is 3.02. The van der Waals surface area contributed by atoms with Crippen molar-refractivity contribution in [1.29, 1.82) is 0 Å². The summed E-state index contributed by atoms with van der Waals surface area (Å²) in [7, 11) is 0. The first-order chi connectivity index (χ1) is 6.87. The lowest BCUT2D eigenvalue weighted by molar-refractivity contribution is -0.134. The molecule has 5 heteroatoms. The van der Waals surface area contributed by atoms with Crippen molar-refractivity contribution in [3.05, 3.63) is 0 Å². The van der Waals surface area contributed by atoms with Crippen LogP contribution in [0.25, 0.3) is 0 Å². The predicted octanol–water partition coefficient (Wildman–Crippen LogP) is 1.23. The molecule has 3 nitrogen and oxygen atoms in total. The Morgan fingerprint density at radius 1 is 1.60 bits per heavy atom. The van der Waals surface area contributed by atoms with Gasteiger partial charge in [0, 0.05) is 13.0 Å². The van der Waals surface area contributed by atoms with Crippen LogP contribution >= 0.6 is 0 Å². The highest BCUT2D eigenvalue weighted by Crippen LogP contribution is 2.27. The van der Waals surface area contributed by atoms with E-state index in [4.69, 9.17) is 5.73 Å². The van der Waals surface area contributed by atoms with E-state index in [2.05, 4.69) is 0 Å². The fraction of sp³-hybridized carbons (Fsp3) is 0.900. The van der Waals surface area contributed by atoms with Gasteiger partial charge in [-0.15, -0.1) is 0 Å². The van der Waals surface area contributed by atoms with Gasteiger partial charge in [0.25, 0.3) is 5.92 Å². The lowest BCUT2D eigenvalue weighted by Gasteiger charge is -2.23. The average molecular weight is 220 g/mol. The molecule has 0 aromatic heterocycles. The standard InChI is InChI=1S/C10H18F2N2O/c1-3-7(2)8(13)9(15)14-5-4-10(11,12)6-14/h7-8H,3-6,13H2,1-2H3. The highest BCUT2D eigenvalue weighted by molar-refractivity contribution is 5.82. The first kappa shape index (κ1) is 12.4. The van der Waals surface area contributed by atoms with E-state index in [1.54, 1.807) is 0 Å². The fourth-order valence-corrected chi connectivity index (χ4v) is 1.63. The molecule has 0 spiro atoms. The number of amides is 1. The normalized spacial score (nSPS) is 23.9. The van der Waals surface area contributed by atoms with E-state index in [1.165, 1.54) is 4.90 Å². The Labute approximate surface area is 88.6 Å². The van der Waals surface area contributed by atoms with E-state index in [0.29, 0.717) is 0 Å². The van der Waals surface area contributed by atoms with Crippen molar-refractivity contribution in [2.24, 2.45) is 11.7 Å². The summed E-state index contributed by atoms with van der Waals surface area (Å²) < 4.78 is 25.7. The maximum absolute atomic E-state index is 12.9. The number of nitrogens with zero attached hydrogens (tertiary/aromatic N) is 1. The monoisotopic (exact) mass is 220 g/mol. The molecular weight excluding hydrogens is 202 g/mol. The molecule has 1 heterocycles. The molecule has 1 fully saturated rings. The topological polar surface area (TPSA) is 46.3 Å². The summed E-state index contributed by atoms with van der Waals surface area (Å²) in [4.78, 5) is 12.9. The van der Waals surface area contributed by atoms with Crippen LogP contribution in [-0.4, -0.2) is 35.9 Å². The van der Waals surface area contributed by atoms with Crippen LogP contribution in [0.15, 0.2) is 0 Å². The summed E-state index contributed by atoms with van der Waals surface area (Å²) in [6.07, 6.45) is 0.531. The number of likely N-dealkylation sites (tertiary alicyclic amines) is 1. The number of rotatable bonds is 3. The van der Waals surface area contributed by atoms with Gasteiger partial charge in [-0.3, -0.25) is 4.79 Å². The van der Waals surface area contributed by atoms with E-state index >= 15 is 0 Å². The molecule has 0 aromatic carbocycles. The lowest BCUT2D eigenvalue weighted by atomic mass is 9.99. The fourth-order valence-electron chi connectivity index (χ4n) is 1.63. The quantitative estimate of drug-likeness (QED) is 0.777. The predicted molar refractivity (Wildman–Crippen MR) is 53.6 cm³/mol. The Balaban J connectivity index is 2.55. The zero-order valence-corrected chi connectivity index (χ0v) is 9.17. The van der Waals surface area contributed by atoms with Crippen molar-refractivity contribution in [1.82, 2.24) is 4.90 Å². The van der Waals surface area contributed by atoms with Gasteiger partial charge in [-0.25, -0.2) is 8.78 Å². The van der Waals surface area contributed by atoms with E-state index in [-0.39, 0.29) is 24.8 Å². The second-order valence-corrected chi connectivity index (χ2v) is 4.28. The number of hydrogen-bond acceptors (Lipinski definition) is 2. The molecule has 1 aliphatic rings. The number of carbonyl (C=O) groups is 1. The minimum atomic E-state index is -2.73. The molecular formula is C10H18F2N2O. The maximum atomic E-state index is 12.9. The summed E-state index contributed by atoms with van der Waals surface area (Å²) in [6, 6.07) is -0.649. The SMILES string of the molecule is CCC(C)C(N)C(=O)N1CCC(F)(F)C1. The summed E-state index contributed by atoms with van der Waals surface area (Å²) in [6.45, 7) is 3.43. The van der Waals surface area contributed by atoms with Gasteiger partial charge in [0.15, 0.2) is 0 Å². The van der Waals surface area contributed by atoms with Crippen molar-refractivity contribution in [3.63, 3.8) is 0 Å². The first-order valence-electron chi connectivity index (χ1n) is 5.29. The van der Waals surface area contributed by atoms with Gasteiger partial charge >= 0.3 is 0 Å². The first-order valence-corrected chi connectivity index (χ1v) is 5.29. The van der Waals surface area contributed by atoms with Gasteiger partial charge in [0.05, 0.1) is 12.6 Å². The van der Waals surface area contributed by atoms with E-state index in [9.17, 15) is 13.6 Å². The molecule has 0 bridgehead atoms. The summed E-state index contributed by atoms with van der Waals surface area (Å²) >= 11 is 0. The summed E-state index contributed by atoms with van der Waals surface area (Å²) in [5.41, 5.74) is 5.70. The van der Waals surface area contributed by atoms with Crippen LogP contribution in [0.1, 0.15) is 26.7 Å². The number of carbonyl (C=O) groups excluding carboxylic acids is 1.